The highest BCUT2D eigenvalue weighted by molar-refractivity contribution is 7.10. The molecule has 7 heteroatoms. The highest BCUT2D eigenvalue weighted by Crippen LogP contribution is 2.49. The van der Waals surface area contributed by atoms with E-state index < -0.39 is 0 Å². The molecule has 1 atom stereocenters. The zero-order valence-corrected chi connectivity index (χ0v) is 30.6. The van der Waals surface area contributed by atoms with Crippen molar-refractivity contribution in [3.05, 3.63) is 46.4 Å². The first-order valence-electron chi connectivity index (χ1n) is 19.2. The summed E-state index contributed by atoms with van der Waals surface area (Å²) in [6.07, 6.45) is 29.6. The standard InChI is InChI=1S/C40H64N2O4S/c1-3-4-5-6-7-8-9-10-11-12-13-14-15-16-17-23-38(43)46-42(33-36-35(44-2)24-32-47-36)30-27-39(37-22-18-21-29-41-37)28-31-45-40(34-39)25-19-20-26-40/h18,21-22,24,29,32H,3-17,19-20,23,25-28,30-31,33-34H2,1-2H3/t39-/m1/s1. The lowest BCUT2D eigenvalue weighted by atomic mass is 9.68. The Morgan fingerprint density at radius 1 is 0.894 bits per heavy atom. The number of methoxy groups -OCH3 is 1. The Kier molecular flexibility index (Phi) is 17.1. The molecule has 3 heterocycles. The zero-order chi connectivity index (χ0) is 33.0. The number of ether oxygens (including phenoxy) is 2. The maximum Gasteiger partial charge on any atom is 0.325 e. The van der Waals surface area contributed by atoms with Crippen LogP contribution < -0.4 is 4.74 Å². The highest BCUT2D eigenvalue weighted by atomic mass is 32.1. The van der Waals surface area contributed by atoms with Crippen LogP contribution in [-0.2, 0) is 26.3 Å². The van der Waals surface area contributed by atoms with Crippen molar-refractivity contribution in [3.8, 4) is 5.75 Å². The van der Waals surface area contributed by atoms with Gasteiger partial charge in [-0.25, -0.2) is 0 Å². The lowest BCUT2D eigenvalue weighted by Gasteiger charge is -2.47. The normalized spacial score (nSPS) is 19.0. The average Bonchev–Trinajstić information content (AvgIpc) is 3.74. The average molecular weight is 669 g/mol. The molecule has 0 bridgehead atoms. The van der Waals surface area contributed by atoms with Gasteiger partial charge in [0.25, 0.3) is 0 Å². The van der Waals surface area contributed by atoms with Gasteiger partial charge in [-0.05, 0) is 62.1 Å². The molecule has 1 saturated carbocycles. The molecule has 0 aromatic carbocycles. The van der Waals surface area contributed by atoms with Gasteiger partial charge in [0.1, 0.15) is 5.75 Å². The second-order valence-corrected chi connectivity index (χ2v) is 15.4. The Bertz CT molecular complexity index is 1120. The number of hydroxylamine groups is 2. The summed E-state index contributed by atoms with van der Waals surface area (Å²) in [6, 6.07) is 8.28. The summed E-state index contributed by atoms with van der Waals surface area (Å²) in [7, 11) is 1.71. The lowest BCUT2D eigenvalue weighted by molar-refractivity contribution is -0.196. The molecule has 2 aromatic heterocycles. The van der Waals surface area contributed by atoms with Gasteiger partial charge >= 0.3 is 5.97 Å². The summed E-state index contributed by atoms with van der Waals surface area (Å²) in [5, 5.41) is 3.94. The summed E-state index contributed by atoms with van der Waals surface area (Å²) in [5.74, 6) is 0.732. The van der Waals surface area contributed by atoms with Gasteiger partial charge in [0, 0.05) is 36.9 Å². The van der Waals surface area contributed by atoms with Crippen molar-refractivity contribution in [1.82, 2.24) is 10.0 Å². The van der Waals surface area contributed by atoms with E-state index in [1.807, 2.05) is 28.8 Å². The zero-order valence-electron chi connectivity index (χ0n) is 29.8. The fraction of sp³-hybridized carbons (Fsp3) is 0.750. The SMILES string of the molecule is CCCCCCCCCCCCCCCCCC(=O)ON(CC[C@@]1(c2ccccn2)CCOC2(CCCC2)C1)Cc1sccc1OC. The molecule has 0 radical (unpaired) electrons. The summed E-state index contributed by atoms with van der Waals surface area (Å²) in [4.78, 5) is 25.2. The van der Waals surface area contributed by atoms with E-state index in [4.69, 9.17) is 19.3 Å². The Morgan fingerprint density at radius 2 is 1.55 bits per heavy atom. The van der Waals surface area contributed by atoms with E-state index >= 15 is 0 Å². The smallest absolute Gasteiger partial charge is 0.325 e. The molecule has 264 valence electrons. The largest absolute Gasteiger partial charge is 0.496 e. The number of rotatable bonds is 24. The third-order valence-electron chi connectivity index (χ3n) is 10.7. The van der Waals surface area contributed by atoms with Crippen molar-refractivity contribution in [2.75, 3.05) is 20.3 Å². The van der Waals surface area contributed by atoms with Crippen molar-refractivity contribution in [1.29, 1.82) is 0 Å². The molecule has 1 aliphatic heterocycles. The third-order valence-corrected chi connectivity index (χ3v) is 11.6. The monoisotopic (exact) mass is 668 g/mol. The van der Waals surface area contributed by atoms with E-state index in [9.17, 15) is 4.79 Å². The number of hydrogen-bond donors (Lipinski definition) is 0. The number of pyridine rings is 1. The number of aromatic nitrogens is 1. The molecule has 0 amide bonds. The number of carbonyl (C=O) groups is 1. The Morgan fingerprint density at radius 3 is 2.17 bits per heavy atom. The molecule has 0 N–H and O–H groups in total. The fourth-order valence-electron chi connectivity index (χ4n) is 7.91. The van der Waals surface area contributed by atoms with E-state index in [2.05, 4.69) is 19.1 Å². The topological polar surface area (TPSA) is 60.9 Å². The van der Waals surface area contributed by atoms with Crippen LogP contribution in [0.15, 0.2) is 35.8 Å². The Hall–Kier alpha value is -1.96. The first-order valence-corrected chi connectivity index (χ1v) is 20.1. The second-order valence-electron chi connectivity index (χ2n) is 14.3. The minimum absolute atomic E-state index is 0.0399. The number of nitrogens with zero attached hydrogens (tertiary/aromatic N) is 2. The van der Waals surface area contributed by atoms with Gasteiger partial charge in [-0.2, -0.15) is 0 Å². The van der Waals surface area contributed by atoms with Crippen LogP contribution in [0.1, 0.15) is 165 Å². The van der Waals surface area contributed by atoms with Crippen LogP contribution in [0.2, 0.25) is 0 Å². The van der Waals surface area contributed by atoms with Gasteiger partial charge in [-0.15, -0.1) is 16.4 Å². The van der Waals surface area contributed by atoms with E-state index in [0.717, 1.165) is 67.9 Å². The predicted octanol–water partition coefficient (Wildman–Crippen LogP) is 11.1. The molecule has 2 fully saturated rings. The van der Waals surface area contributed by atoms with Crippen LogP contribution in [-0.4, -0.2) is 41.9 Å². The minimum atomic E-state index is -0.124. The van der Waals surface area contributed by atoms with Crippen molar-refractivity contribution in [3.63, 3.8) is 0 Å². The number of thiophene rings is 1. The molecule has 1 spiro atoms. The number of unbranched alkanes of at least 4 members (excludes halogenated alkanes) is 14. The first-order chi connectivity index (χ1) is 23.1. The van der Waals surface area contributed by atoms with Gasteiger partial charge < -0.3 is 14.3 Å². The van der Waals surface area contributed by atoms with Crippen LogP contribution in [0.4, 0.5) is 0 Å². The number of hydrogen-bond acceptors (Lipinski definition) is 7. The Balaban J connectivity index is 1.21. The molecular weight excluding hydrogens is 605 g/mol. The molecule has 1 saturated heterocycles. The summed E-state index contributed by atoms with van der Waals surface area (Å²) < 4.78 is 12.1. The van der Waals surface area contributed by atoms with Crippen LogP contribution in [0.25, 0.3) is 0 Å². The predicted molar refractivity (Wildman–Crippen MR) is 194 cm³/mol. The van der Waals surface area contributed by atoms with Crippen LogP contribution in [0.3, 0.4) is 0 Å². The van der Waals surface area contributed by atoms with Crippen molar-refractivity contribution in [2.24, 2.45) is 0 Å². The molecular formula is C40H64N2O4S. The van der Waals surface area contributed by atoms with Gasteiger partial charge in [0.2, 0.25) is 0 Å². The van der Waals surface area contributed by atoms with E-state index in [0.29, 0.717) is 19.5 Å². The van der Waals surface area contributed by atoms with Crippen molar-refractivity contribution >= 4 is 17.3 Å². The molecule has 2 aliphatic rings. The minimum Gasteiger partial charge on any atom is -0.496 e. The van der Waals surface area contributed by atoms with E-state index in [1.54, 1.807) is 18.4 Å². The quantitative estimate of drug-likeness (QED) is 0.0819. The molecule has 47 heavy (non-hydrogen) atoms. The summed E-state index contributed by atoms with van der Waals surface area (Å²) in [6.45, 7) is 4.23. The number of carbonyl (C=O) groups excluding carboxylic acids is 1. The van der Waals surface area contributed by atoms with E-state index in [-0.39, 0.29) is 17.0 Å². The van der Waals surface area contributed by atoms with Gasteiger partial charge in [-0.3, -0.25) is 9.78 Å². The Labute approximate surface area is 290 Å². The molecule has 0 unspecified atom stereocenters. The van der Waals surface area contributed by atoms with Gasteiger partial charge in [0.15, 0.2) is 0 Å². The van der Waals surface area contributed by atoms with Gasteiger partial charge in [0.05, 0.1) is 24.1 Å². The molecule has 6 nitrogen and oxygen atoms in total. The van der Waals surface area contributed by atoms with Crippen LogP contribution in [0.5, 0.6) is 5.75 Å². The van der Waals surface area contributed by atoms with Gasteiger partial charge in [-0.1, -0.05) is 116 Å². The lowest BCUT2D eigenvalue weighted by Crippen LogP contribution is -2.47. The molecule has 4 rings (SSSR count). The summed E-state index contributed by atoms with van der Waals surface area (Å²) in [5.41, 5.74) is 1.01. The van der Waals surface area contributed by atoms with Crippen LogP contribution >= 0.6 is 11.3 Å². The maximum atomic E-state index is 13.2. The molecule has 1 aliphatic carbocycles. The van der Waals surface area contributed by atoms with Crippen molar-refractivity contribution < 1.29 is 19.1 Å². The first kappa shape index (κ1) is 37.9. The summed E-state index contributed by atoms with van der Waals surface area (Å²) >= 11 is 1.65. The van der Waals surface area contributed by atoms with Crippen LogP contribution in [0, 0.1) is 0 Å². The second kappa shape index (κ2) is 21.2. The fourth-order valence-corrected chi connectivity index (χ4v) is 8.75. The maximum absolute atomic E-state index is 13.2. The highest BCUT2D eigenvalue weighted by Gasteiger charge is 2.48. The third kappa shape index (κ3) is 12.8. The van der Waals surface area contributed by atoms with E-state index in [1.165, 1.54) is 96.3 Å². The molecule has 2 aromatic rings. The van der Waals surface area contributed by atoms with Crippen molar-refractivity contribution in [2.45, 2.75) is 172 Å².